The third kappa shape index (κ3) is 3.39. The first-order valence-electron chi connectivity index (χ1n) is 7.33. The second-order valence-corrected chi connectivity index (χ2v) is 6.20. The van der Waals surface area contributed by atoms with E-state index in [-0.39, 0.29) is 17.0 Å². The molecule has 0 aromatic heterocycles. The van der Waals surface area contributed by atoms with Crippen LogP contribution in [0.4, 0.5) is 0 Å². The molecule has 0 saturated heterocycles. The molecule has 0 amide bonds. The van der Waals surface area contributed by atoms with Crippen LogP contribution in [0.1, 0.15) is 22.3 Å². The van der Waals surface area contributed by atoms with Crippen molar-refractivity contribution >= 4 is 34.7 Å². The van der Waals surface area contributed by atoms with Crippen LogP contribution < -0.4 is 0 Å². The number of rotatable bonds is 3. The molecule has 0 spiro atoms. The molecule has 5 heteroatoms. The van der Waals surface area contributed by atoms with Gasteiger partial charge in [0, 0.05) is 12.0 Å². The van der Waals surface area contributed by atoms with Crippen LogP contribution in [-0.4, -0.2) is 16.9 Å². The van der Waals surface area contributed by atoms with E-state index in [0.29, 0.717) is 10.6 Å². The average molecular weight is 361 g/mol. The molecule has 122 valence electrons. The molecule has 0 fully saturated rings. The summed E-state index contributed by atoms with van der Waals surface area (Å²) in [6, 6.07) is 13.7. The van der Waals surface area contributed by atoms with Gasteiger partial charge in [0.05, 0.1) is 15.6 Å². The van der Waals surface area contributed by atoms with E-state index >= 15 is 0 Å². The highest BCUT2D eigenvalue weighted by Crippen LogP contribution is 2.35. The second-order valence-electron chi connectivity index (χ2n) is 5.38. The Morgan fingerprint density at radius 1 is 1.08 bits per heavy atom. The zero-order valence-corrected chi connectivity index (χ0v) is 14.1. The van der Waals surface area contributed by atoms with Crippen LogP contribution in [0.2, 0.25) is 10.0 Å². The van der Waals surface area contributed by atoms with Crippen LogP contribution >= 0.6 is 23.2 Å². The van der Waals surface area contributed by atoms with Gasteiger partial charge in [0.1, 0.15) is 0 Å². The minimum Gasteiger partial charge on any atom is -0.425 e. The summed E-state index contributed by atoms with van der Waals surface area (Å²) >= 11 is 11.8. The van der Waals surface area contributed by atoms with Gasteiger partial charge in [0.2, 0.25) is 5.79 Å². The van der Waals surface area contributed by atoms with Crippen molar-refractivity contribution in [1.82, 2.24) is 0 Å². The molecule has 0 aliphatic heterocycles. The zero-order valence-electron chi connectivity index (χ0n) is 12.6. The summed E-state index contributed by atoms with van der Waals surface area (Å²) in [6.45, 7) is 0. The fraction of sp³-hybridized carbons (Fsp3) is 0.105. The maximum Gasteiger partial charge on any atom is 0.340 e. The molecule has 2 aromatic rings. The maximum atomic E-state index is 12.4. The Bertz CT molecular complexity index is 828. The van der Waals surface area contributed by atoms with Crippen molar-refractivity contribution in [3.8, 4) is 0 Å². The highest BCUT2D eigenvalue weighted by atomic mass is 35.5. The molecule has 1 N–H and O–H groups in total. The number of aliphatic hydroxyl groups is 1. The van der Waals surface area contributed by atoms with Gasteiger partial charge in [-0.25, -0.2) is 4.79 Å². The summed E-state index contributed by atoms with van der Waals surface area (Å²) in [6.07, 6.45) is 5.47. The van der Waals surface area contributed by atoms with Gasteiger partial charge in [-0.15, -0.1) is 0 Å². The van der Waals surface area contributed by atoms with Crippen LogP contribution in [-0.2, 0) is 4.74 Å². The molecule has 0 saturated carbocycles. The quantitative estimate of drug-likeness (QED) is 0.626. The predicted octanol–water partition coefficient (Wildman–Crippen LogP) is 4.88. The largest absolute Gasteiger partial charge is 0.425 e. The smallest absolute Gasteiger partial charge is 0.340 e. The first-order chi connectivity index (χ1) is 11.5. The first kappa shape index (κ1) is 16.8. The molecule has 1 unspecified atom stereocenters. The Morgan fingerprint density at radius 2 is 1.83 bits per heavy atom. The van der Waals surface area contributed by atoms with E-state index in [1.54, 1.807) is 12.2 Å². The molecule has 0 bridgehead atoms. The van der Waals surface area contributed by atoms with Crippen molar-refractivity contribution in [2.45, 2.75) is 12.2 Å². The molecule has 0 radical (unpaired) electrons. The molecule has 2 aromatic carbocycles. The number of benzene rings is 2. The molecule has 24 heavy (non-hydrogen) atoms. The van der Waals surface area contributed by atoms with Gasteiger partial charge in [-0.2, -0.15) is 0 Å². The summed E-state index contributed by atoms with van der Waals surface area (Å²) in [5, 5.41) is 11.5. The minimum absolute atomic E-state index is 0.167. The lowest BCUT2D eigenvalue weighted by Gasteiger charge is -2.31. The highest BCUT2D eigenvalue weighted by molar-refractivity contribution is 6.42. The number of hydrogen-bond donors (Lipinski definition) is 1. The van der Waals surface area contributed by atoms with E-state index in [2.05, 4.69) is 0 Å². The van der Waals surface area contributed by atoms with Gasteiger partial charge in [0.25, 0.3) is 0 Å². The number of ether oxygens (including phenoxy) is 1. The third-order valence-corrected chi connectivity index (χ3v) is 4.46. The van der Waals surface area contributed by atoms with Crippen molar-refractivity contribution in [3.05, 3.63) is 87.9 Å². The molecule has 3 rings (SSSR count). The lowest BCUT2D eigenvalue weighted by molar-refractivity contribution is -0.117. The standard InChI is InChI=1S/C19H14Cl2O3/c20-16-10-9-14(12-17(16)21)18(22)24-19(23)11-5-4-8-15(19)13-6-2-1-3-7-13/h1-10,12,23H,11H2. The number of esters is 1. The van der Waals surface area contributed by atoms with Crippen molar-refractivity contribution in [3.63, 3.8) is 0 Å². The van der Waals surface area contributed by atoms with Crippen molar-refractivity contribution in [2.75, 3.05) is 0 Å². The average Bonchev–Trinajstić information content (AvgIpc) is 2.58. The van der Waals surface area contributed by atoms with E-state index in [0.717, 1.165) is 5.56 Å². The normalized spacial score (nSPS) is 19.7. The molecular formula is C19H14Cl2O3. The van der Waals surface area contributed by atoms with E-state index < -0.39 is 11.8 Å². The number of carbonyl (C=O) groups is 1. The van der Waals surface area contributed by atoms with Crippen LogP contribution in [0, 0.1) is 0 Å². The van der Waals surface area contributed by atoms with E-state index in [1.165, 1.54) is 18.2 Å². The summed E-state index contributed by atoms with van der Waals surface area (Å²) in [7, 11) is 0. The number of hydrogen-bond acceptors (Lipinski definition) is 3. The molecule has 3 nitrogen and oxygen atoms in total. The van der Waals surface area contributed by atoms with Crippen LogP contribution in [0.15, 0.2) is 66.8 Å². The number of halogens is 2. The highest BCUT2D eigenvalue weighted by Gasteiger charge is 2.37. The zero-order chi connectivity index (χ0) is 17.2. The maximum absolute atomic E-state index is 12.4. The van der Waals surface area contributed by atoms with Gasteiger partial charge < -0.3 is 9.84 Å². The molecule has 1 aliphatic rings. The molecule has 1 atom stereocenters. The summed E-state index contributed by atoms with van der Waals surface area (Å²) in [5.41, 5.74) is 1.53. The summed E-state index contributed by atoms with van der Waals surface area (Å²) in [4.78, 5) is 12.4. The van der Waals surface area contributed by atoms with E-state index in [9.17, 15) is 9.90 Å². The van der Waals surface area contributed by atoms with Gasteiger partial charge in [-0.05, 0) is 23.8 Å². The fourth-order valence-corrected chi connectivity index (χ4v) is 2.80. The molecule has 0 heterocycles. The van der Waals surface area contributed by atoms with Gasteiger partial charge in [-0.1, -0.05) is 71.8 Å². The lowest BCUT2D eigenvalue weighted by Crippen LogP contribution is -2.37. The molecule has 1 aliphatic carbocycles. The van der Waals surface area contributed by atoms with Gasteiger partial charge in [-0.3, -0.25) is 0 Å². The minimum atomic E-state index is -1.74. The Labute approximate surface area is 149 Å². The van der Waals surface area contributed by atoms with E-state index in [1.807, 2.05) is 36.4 Å². The topological polar surface area (TPSA) is 46.5 Å². The number of carbonyl (C=O) groups excluding carboxylic acids is 1. The Morgan fingerprint density at radius 3 is 2.54 bits per heavy atom. The first-order valence-corrected chi connectivity index (χ1v) is 8.09. The van der Waals surface area contributed by atoms with Gasteiger partial charge >= 0.3 is 5.97 Å². The monoisotopic (exact) mass is 360 g/mol. The summed E-state index contributed by atoms with van der Waals surface area (Å²) in [5.74, 6) is -2.41. The second kappa shape index (κ2) is 6.81. The Hall–Kier alpha value is -2.07. The predicted molar refractivity (Wildman–Crippen MR) is 95.0 cm³/mol. The van der Waals surface area contributed by atoms with E-state index in [4.69, 9.17) is 27.9 Å². The summed E-state index contributed by atoms with van der Waals surface area (Å²) < 4.78 is 5.42. The van der Waals surface area contributed by atoms with Crippen molar-refractivity contribution in [2.24, 2.45) is 0 Å². The third-order valence-electron chi connectivity index (χ3n) is 3.72. The van der Waals surface area contributed by atoms with Gasteiger partial charge in [0.15, 0.2) is 0 Å². The Balaban J connectivity index is 1.89. The van der Waals surface area contributed by atoms with Crippen LogP contribution in [0.5, 0.6) is 0 Å². The van der Waals surface area contributed by atoms with Crippen LogP contribution in [0.3, 0.4) is 0 Å². The Kier molecular flexibility index (Phi) is 4.76. The molecular weight excluding hydrogens is 347 g/mol. The van der Waals surface area contributed by atoms with Crippen molar-refractivity contribution < 1.29 is 14.6 Å². The van der Waals surface area contributed by atoms with Crippen LogP contribution in [0.25, 0.3) is 5.57 Å². The lowest BCUT2D eigenvalue weighted by atomic mass is 9.91. The fourth-order valence-electron chi connectivity index (χ4n) is 2.50. The SMILES string of the molecule is O=C(OC1(O)CC=CC=C1c1ccccc1)c1ccc(Cl)c(Cl)c1. The number of allylic oxidation sites excluding steroid dienone is 2. The van der Waals surface area contributed by atoms with Crippen molar-refractivity contribution in [1.29, 1.82) is 0 Å².